The summed E-state index contributed by atoms with van der Waals surface area (Å²) in [6.45, 7) is 5.44. The Morgan fingerprint density at radius 3 is 2.26 bits per heavy atom. The Kier molecular flexibility index (Phi) is 5.51. The first-order valence-corrected chi connectivity index (χ1v) is 6.23. The van der Waals surface area contributed by atoms with Gasteiger partial charge in [0.1, 0.15) is 0 Å². The summed E-state index contributed by atoms with van der Waals surface area (Å²) in [5.74, 6) is -1.51. The molecule has 0 saturated carbocycles. The normalized spacial score (nSPS) is 13.5. The highest BCUT2D eigenvalue weighted by Gasteiger charge is 2.19. The summed E-state index contributed by atoms with van der Waals surface area (Å²) in [6.07, 6.45) is 0. The molecule has 0 aliphatic carbocycles. The van der Waals surface area contributed by atoms with Crippen LogP contribution in [0.1, 0.15) is 19.4 Å². The van der Waals surface area contributed by atoms with Gasteiger partial charge < -0.3 is 15.7 Å². The maximum atomic E-state index is 11.7. The molecule has 104 valence electrons. The summed E-state index contributed by atoms with van der Waals surface area (Å²) in [7, 11) is 0. The molecule has 5 heteroatoms. The lowest BCUT2D eigenvalue weighted by atomic mass is 10.1. The molecule has 1 rings (SSSR count). The molecule has 0 aliphatic heterocycles. The lowest BCUT2D eigenvalue weighted by molar-refractivity contribution is -0.136. The van der Waals surface area contributed by atoms with Gasteiger partial charge in [0.2, 0.25) is 0 Å². The number of hydrogen-bond donors (Lipinski definition) is 3. The van der Waals surface area contributed by atoms with E-state index in [-0.39, 0.29) is 18.6 Å². The van der Waals surface area contributed by atoms with Crippen LogP contribution in [0.5, 0.6) is 0 Å². The lowest BCUT2D eigenvalue weighted by Crippen LogP contribution is -2.43. The third-order valence-corrected chi connectivity index (χ3v) is 3.02. The second-order valence-corrected chi connectivity index (χ2v) is 4.74. The Morgan fingerprint density at radius 1 is 1.16 bits per heavy atom. The van der Waals surface area contributed by atoms with E-state index in [1.165, 1.54) is 0 Å². The molecule has 0 fully saturated rings. The zero-order valence-electron chi connectivity index (χ0n) is 11.4. The summed E-state index contributed by atoms with van der Waals surface area (Å²) < 4.78 is 0. The zero-order valence-corrected chi connectivity index (χ0v) is 11.4. The molecule has 0 aliphatic rings. The minimum atomic E-state index is -0.708. The van der Waals surface area contributed by atoms with Crippen LogP contribution in [0, 0.1) is 12.8 Å². The molecule has 0 bridgehead atoms. The predicted octanol–water partition coefficient (Wildman–Crippen LogP) is 1.07. The van der Waals surface area contributed by atoms with E-state index in [1.54, 1.807) is 26.0 Å². The number of carbonyl (C=O) groups excluding carboxylic acids is 2. The van der Waals surface area contributed by atoms with Crippen LogP contribution < -0.4 is 10.6 Å². The van der Waals surface area contributed by atoms with Gasteiger partial charge in [0.05, 0.1) is 0 Å². The first-order chi connectivity index (χ1) is 8.93. The average Bonchev–Trinajstić information content (AvgIpc) is 2.40. The van der Waals surface area contributed by atoms with E-state index in [0.29, 0.717) is 5.69 Å². The van der Waals surface area contributed by atoms with Crippen molar-refractivity contribution in [1.29, 1.82) is 0 Å². The van der Waals surface area contributed by atoms with E-state index in [2.05, 4.69) is 10.6 Å². The largest absolute Gasteiger partial charge is 0.396 e. The summed E-state index contributed by atoms with van der Waals surface area (Å²) in [5, 5.41) is 14.0. The van der Waals surface area contributed by atoms with Crippen molar-refractivity contribution in [3.05, 3.63) is 29.8 Å². The van der Waals surface area contributed by atoms with E-state index in [9.17, 15) is 9.59 Å². The zero-order chi connectivity index (χ0) is 14.4. The number of carbonyl (C=O) groups is 2. The molecule has 0 heterocycles. The topological polar surface area (TPSA) is 78.4 Å². The number of aliphatic hydroxyl groups excluding tert-OH is 1. The van der Waals surface area contributed by atoms with Crippen LogP contribution >= 0.6 is 0 Å². The van der Waals surface area contributed by atoms with Crippen molar-refractivity contribution in [3.8, 4) is 0 Å². The van der Waals surface area contributed by atoms with Gasteiger partial charge in [0, 0.05) is 18.3 Å². The highest BCUT2D eigenvalue weighted by atomic mass is 16.3. The third kappa shape index (κ3) is 4.71. The molecule has 2 atom stereocenters. The van der Waals surface area contributed by atoms with Crippen LogP contribution in [0.25, 0.3) is 0 Å². The van der Waals surface area contributed by atoms with Crippen molar-refractivity contribution in [1.82, 2.24) is 5.32 Å². The maximum Gasteiger partial charge on any atom is 0.313 e. The number of benzene rings is 1. The van der Waals surface area contributed by atoms with Gasteiger partial charge in [-0.1, -0.05) is 24.6 Å². The Hall–Kier alpha value is -1.88. The number of nitrogens with one attached hydrogen (secondary N) is 2. The third-order valence-electron chi connectivity index (χ3n) is 3.02. The van der Waals surface area contributed by atoms with Crippen molar-refractivity contribution in [2.75, 3.05) is 11.9 Å². The molecule has 1 aromatic rings. The van der Waals surface area contributed by atoms with Crippen LogP contribution in [0.2, 0.25) is 0 Å². The molecule has 3 N–H and O–H groups in total. The number of anilines is 1. The van der Waals surface area contributed by atoms with Gasteiger partial charge in [-0.15, -0.1) is 0 Å². The Morgan fingerprint density at radius 2 is 1.74 bits per heavy atom. The number of hydrogen-bond acceptors (Lipinski definition) is 3. The molecule has 1 aromatic carbocycles. The fourth-order valence-electron chi connectivity index (χ4n) is 1.40. The summed E-state index contributed by atoms with van der Waals surface area (Å²) in [6, 6.07) is 6.91. The number of aryl methyl sites for hydroxylation is 1. The highest BCUT2D eigenvalue weighted by molar-refractivity contribution is 6.39. The van der Waals surface area contributed by atoms with Crippen molar-refractivity contribution < 1.29 is 14.7 Å². The van der Waals surface area contributed by atoms with Crippen molar-refractivity contribution >= 4 is 17.5 Å². The maximum absolute atomic E-state index is 11.7. The fraction of sp³-hybridized carbons (Fsp3) is 0.429. The SMILES string of the molecule is Cc1ccc(NC(=O)C(=O)NC(C)C(C)CO)cc1. The Labute approximate surface area is 113 Å². The van der Waals surface area contributed by atoms with Crippen molar-refractivity contribution in [2.45, 2.75) is 26.8 Å². The van der Waals surface area contributed by atoms with E-state index in [1.807, 2.05) is 19.1 Å². The van der Waals surface area contributed by atoms with E-state index < -0.39 is 11.8 Å². The first kappa shape index (κ1) is 15.2. The monoisotopic (exact) mass is 264 g/mol. The average molecular weight is 264 g/mol. The van der Waals surface area contributed by atoms with Gasteiger partial charge in [-0.25, -0.2) is 0 Å². The molecule has 5 nitrogen and oxygen atoms in total. The summed E-state index contributed by atoms with van der Waals surface area (Å²) in [5.41, 5.74) is 1.65. The van der Waals surface area contributed by atoms with Crippen molar-refractivity contribution in [3.63, 3.8) is 0 Å². The number of aliphatic hydroxyl groups is 1. The van der Waals surface area contributed by atoms with Crippen LogP contribution in [-0.4, -0.2) is 29.6 Å². The van der Waals surface area contributed by atoms with E-state index >= 15 is 0 Å². The highest BCUT2D eigenvalue weighted by Crippen LogP contribution is 2.08. The van der Waals surface area contributed by atoms with Gasteiger partial charge in [-0.2, -0.15) is 0 Å². The molecular formula is C14H20N2O3. The quantitative estimate of drug-likeness (QED) is 0.712. The molecule has 0 radical (unpaired) electrons. The van der Waals surface area contributed by atoms with Crippen LogP contribution in [0.3, 0.4) is 0 Å². The van der Waals surface area contributed by atoms with Crippen LogP contribution in [-0.2, 0) is 9.59 Å². The molecule has 19 heavy (non-hydrogen) atoms. The molecule has 2 amide bonds. The molecule has 0 saturated heterocycles. The van der Waals surface area contributed by atoms with Crippen molar-refractivity contribution in [2.24, 2.45) is 5.92 Å². The smallest absolute Gasteiger partial charge is 0.313 e. The number of amides is 2. The Balaban J connectivity index is 2.53. The standard InChI is InChI=1S/C14H20N2O3/c1-9-4-6-12(7-5-9)16-14(19)13(18)15-11(3)10(2)8-17/h4-7,10-11,17H,8H2,1-3H3,(H,15,18)(H,16,19). The van der Waals surface area contributed by atoms with Crippen LogP contribution in [0.4, 0.5) is 5.69 Å². The Bertz CT molecular complexity index is 443. The van der Waals surface area contributed by atoms with Gasteiger partial charge in [-0.05, 0) is 31.9 Å². The van der Waals surface area contributed by atoms with Gasteiger partial charge in [0.15, 0.2) is 0 Å². The minimum Gasteiger partial charge on any atom is -0.396 e. The second-order valence-electron chi connectivity index (χ2n) is 4.74. The van der Waals surface area contributed by atoms with E-state index in [4.69, 9.17) is 5.11 Å². The minimum absolute atomic E-state index is 0.0406. The molecular weight excluding hydrogens is 244 g/mol. The lowest BCUT2D eigenvalue weighted by Gasteiger charge is -2.18. The first-order valence-electron chi connectivity index (χ1n) is 6.23. The molecule has 2 unspecified atom stereocenters. The summed E-state index contributed by atoms with van der Waals surface area (Å²) in [4.78, 5) is 23.3. The van der Waals surface area contributed by atoms with E-state index in [0.717, 1.165) is 5.56 Å². The van der Waals surface area contributed by atoms with Gasteiger partial charge >= 0.3 is 11.8 Å². The molecule has 0 spiro atoms. The summed E-state index contributed by atoms with van der Waals surface area (Å²) >= 11 is 0. The van der Waals surface area contributed by atoms with Gasteiger partial charge in [0.25, 0.3) is 0 Å². The molecule has 0 aromatic heterocycles. The second kappa shape index (κ2) is 6.89. The fourth-order valence-corrected chi connectivity index (χ4v) is 1.40. The van der Waals surface area contributed by atoms with Crippen LogP contribution in [0.15, 0.2) is 24.3 Å². The predicted molar refractivity (Wildman–Crippen MR) is 73.7 cm³/mol. The number of rotatable bonds is 4. The van der Waals surface area contributed by atoms with Gasteiger partial charge in [-0.3, -0.25) is 9.59 Å².